The van der Waals surface area contributed by atoms with Crippen molar-refractivity contribution in [2.75, 3.05) is 0 Å². The highest BCUT2D eigenvalue weighted by Crippen LogP contribution is 2.19. The molecular formula is C26H21N3O5. The number of nitrogens with one attached hydrogen (secondary N) is 2. The van der Waals surface area contributed by atoms with E-state index in [1.54, 1.807) is 73.0 Å². The first kappa shape index (κ1) is 22.4. The predicted octanol–water partition coefficient (Wildman–Crippen LogP) is 4.18. The van der Waals surface area contributed by atoms with Crippen LogP contribution >= 0.6 is 0 Å². The van der Waals surface area contributed by atoms with Crippen LogP contribution in [0.5, 0.6) is 5.75 Å². The molecule has 34 heavy (non-hydrogen) atoms. The first-order valence-corrected chi connectivity index (χ1v) is 10.5. The minimum absolute atomic E-state index is 0.0845. The second-order valence-electron chi connectivity index (χ2n) is 7.31. The maximum Gasteiger partial charge on any atom is 0.287 e. The van der Waals surface area contributed by atoms with Gasteiger partial charge in [0.2, 0.25) is 0 Å². The Balaban J connectivity index is 1.29. The molecule has 0 saturated carbocycles. The number of carbonyl (C=O) groups is 2. The Morgan fingerprint density at radius 3 is 2.56 bits per heavy atom. The van der Waals surface area contributed by atoms with Gasteiger partial charge in [0.1, 0.15) is 29.9 Å². The van der Waals surface area contributed by atoms with E-state index >= 15 is 0 Å². The SMILES string of the molecule is N#Cc1ccccc1OCc1ccc(C(=O)NCc2cccc(C(=O)NCc3ccco3)c2)o1. The summed E-state index contributed by atoms with van der Waals surface area (Å²) in [6.07, 6.45) is 1.55. The van der Waals surface area contributed by atoms with Gasteiger partial charge in [-0.05, 0) is 54.1 Å². The molecule has 0 unspecified atom stereocenters. The summed E-state index contributed by atoms with van der Waals surface area (Å²) in [7, 11) is 0. The average Bonchev–Trinajstić information content (AvgIpc) is 3.57. The van der Waals surface area contributed by atoms with Crippen LogP contribution in [0.1, 0.15) is 43.6 Å². The third-order valence-corrected chi connectivity index (χ3v) is 4.91. The smallest absolute Gasteiger partial charge is 0.287 e. The Hall–Kier alpha value is -4.77. The molecule has 8 heteroatoms. The fraction of sp³-hybridized carbons (Fsp3) is 0.115. The minimum atomic E-state index is -0.392. The zero-order valence-electron chi connectivity index (χ0n) is 18.1. The molecule has 8 nitrogen and oxygen atoms in total. The summed E-state index contributed by atoms with van der Waals surface area (Å²) in [5.41, 5.74) is 1.67. The zero-order valence-corrected chi connectivity index (χ0v) is 18.1. The molecule has 0 radical (unpaired) electrons. The van der Waals surface area contributed by atoms with Crippen LogP contribution in [0.3, 0.4) is 0 Å². The van der Waals surface area contributed by atoms with Crippen molar-refractivity contribution in [2.45, 2.75) is 19.7 Å². The van der Waals surface area contributed by atoms with Crippen molar-refractivity contribution in [3.63, 3.8) is 0 Å². The van der Waals surface area contributed by atoms with Gasteiger partial charge in [-0.15, -0.1) is 0 Å². The van der Waals surface area contributed by atoms with E-state index in [0.717, 1.165) is 5.56 Å². The molecule has 4 rings (SSSR count). The molecule has 0 fully saturated rings. The highest BCUT2D eigenvalue weighted by atomic mass is 16.5. The van der Waals surface area contributed by atoms with Crippen LogP contribution in [0.2, 0.25) is 0 Å². The molecule has 2 amide bonds. The lowest BCUT2D eigenvalue weighted by Gasteiger charge is -2.07. The van der Waals surface area contributed by atoms with E-state index in [1.165, 1.54) is 0 Å². The summed E-state index contributed by atoms with van der Waals surface area (Å²) in [5.74, 6) is 1.07. The van der Waals surface area contributed by atoms with Crippen LogP contribution in [0.15, 0.2) is 87.9 Å². The van der Waals surface area contributed by atoms with Gasteiger partial charge in [-0.1, -0.05) is 24.3 Å². The third kappa shape index (κ3) is 5.72. The molecule has 0 spiro atoms. The number of benzene rings is 2. The molecular weight excluding hydrogens is 434 g/mol. The van der Waals surface area contributed by atoms with Gasteiger partial charge in [0.05, 0.1) is 18.4 Å². The van der Waals surface area contributed by atoms with Crippen molar-refractivity contribution < 1.29 is 23.2 Å². The van der Waals surface area contributed by atoms with Gasteiger partial charge in [0.25, 0.3) is 11.8 Å². The number of carbonyl (C=O) groups excluding carboxylic acids is 2. The largest absolute Gasteiger partial charge is 0.484 e. The molecule has 0 saturated heterocycles. The number of nitriles is 1. The molecule has 2 aromatic heterocycles. The lowest BCUT2D eigenvalue weighted by Crippen LogP contribution is -2.24. The molecule has 0 aliphatic heterocycles. The molecule has 4 aromatic rings. The summed E-state index contributed by atoms with van der Waals surface area (Å²) in [5, 5.41) is 14.7. The summed E-state index contributed by atoms with van der Waals surface area (Å²) in [6, 6.07) is 22.7. The van der Waals surface area contributed by atoms with Crippen molar-refractivity contribution in [1.29, 1.82) is 5.26 Å². The van der Waals surface area contributed by atoms with E-state index < -0.39 is 5.91 Å². The van der Waals surface area contributed by atoms with Gasteiger partial charge >= 0.3 is 0 Å². The Bertz CT molecular complexity index is 1320. The summed E-state index contributed by atoms with van der Waals surface area (Å²) in [4.78, 5) is 24.9. The number of ether oxygens (including phenoxy) is 1. The van der Waals surface area contributed by atoms with E-state index in [0.29, 0.717) is 34.9 Å². The number of para-hydroxylation sites is 1. The Labute approximate surface area is 195 Å². The van der Waals surface area contributed by atoms with E-state index in [9.17, 15) is 9.59 Å². The fourth-order valence-electron chi connectivity index (χ4n) is 3.19. The van der Waals surface area contributed by atoms with Crippen LogP contribution in [-0.2, 0) is 19.7 Å². The van der Waals surface area contributed by atoms with Crippen LogP contribution < -0.4 is 15.4 Å². The lowest BCUT2D eigenvalue weighted by atomic mass is 10.1. The monoisotopic (exact) mass is 455 g/mol. The molecule has 0 aliphatic rings. The van der Waals surface area contributed by atoms with Crippen molar-refractivity contribution in [3.8, 4) is 11.8 Å². The average molecular weight is 455 g/mol. The van der Waals surface area contributed by atoms with Crippen molar-refractivity contribution >= 4 is 11.8 Å². The Morgan fingerprint density at radius 1 is 0.882 bits per heavy atom. The van der Waals surface area contributed by atoms with E-state index in [-0.39, 0.29) is 24.8 Å². The summed E-state index contributed by atoms with van der Waals surface area (Å²) >= 11 is 0. The molecule has 2 N–H and O–H groups in total. The first-order chi connectivity index (χ1) is 16.6. The standard InChI is InChI=1S/C26H21N3O5/c27-14-20-6-1-2-9-23(20)33-17-22-10-11-24(34-22)26(31)28-15-18-5-3-7-19(13-18)25(30)29-16-21-8-4-12-32-21/h1-13H,15-17H2,(H,28,31)(H,29,30). The number of furan rings is 2. The molecule has 0 aliphatic carbocycles. The Morgan fingerprint density at radius 2 is 1.74 bits per heavy atom. The van der Waals surface area contributed by atoms with Gasteiger partial charge < -0.3 is 24.2 Å². The molecule has 0 bridgehead atoms. The number of hydrogen-bond donors (Lipinski definition) is 2. The van der Waals surface area contributed by atoms with E-state index in [4.69, 9.17) is 18.8 Å². The normalized spacial score (nSPS) is 10.3. The maximum atomic E-state index is 12.5. The van der Waals surface area contributed by atoms with Gasteiger partial charge in [-0.3, -0.25) is 9.59 Å². The highest BCUT2D eigenvalue weighted by Gasteiger charge is 2.13. The topological polar surface area (TPSA) is 118 Å². The first-order valence-electron chi connectivity index (χ1n) is 10.5. The second-order valence-corrected chi connectivity index (χ2v) is 7.31. The lowest BCUT2D eigenvalue weighted by molar-refractivity contribution is 0.0918. The number of rotatable bonds is 9. The van der Waals surface area contributed by atoms with Crippen LogP contribution in [0.25, 0.3) is 0 Å². The van der Waals surface area contributed by atoms with Gasteiger partial charge in [0.15, 0.2) is 5.76 Å². The quantitative estimate of drug-likeness (QED) is 0.391. The second kappa shape index (κ2) is 10.7. The van der Waals surface area contributed by atoms with Gasteiger partial charge in [-0.2, -0.15) is 5.26 Å². The summed E-state index contributed by atoms with van der Waals surface area (Å²) < 4.78 is 16.4. The van der Waals surface area contributed by atoms with Crippen LogP contribution in [0.4, 0.5) is 0 Å². The Kier molecular flexibility index (Phi) is 7.06. The van der Waals surface area contributed by atoms with Gasteiger partial charge in [0, 0.05) is 12.1 Å². The third-order valence-electron chi connectivity index (χ3n) is 4.91. The zero-order chi connectivity index (χ0) is 23.8. The fourth-order valence-corrected chi connectivity index (χ4v) is 3.19. The number of hydrogen-bond acceptors (Lipinski definition) is 6. The van der Waals surface area contributed by atoms with Gasteiger partial charge in [-0.25, -0.2) is 0 Å². The maximum absolute atomic E-state index is 12.5. The molecule has 2 heterocycles. The van der Waals surface area contributed by atoms with Crippen molar-refractivity contribution in [2.24, 2.45) is 0 Å². The van der Waals surface area contributed by atoms with E-state index in [1.807, 2.05) is 6.07 Å². The van der Waals surface area contributed by atoms with Crippen molar-refractivity contribution in [3.05, 3.63) is 113 Å². The minimum Gasteiger partial charge on any atom is -0.484 e. The van der Waals surface area contributed by atoms with E-state index in [2.05, 4.69) is 16.7 Å². The highest BCUT2D eigenvalue weighted by molar-refractivity contribution is 5.94. The summed E-state index contributed by atoms with van der Waals surface area (Å²) in [6.45, 7) is 0.598. The number of nitrogens with zero attached hydrogens (tertiary/aromatic N) is 1. The molecule has 0 atom stereocenters. The predicted molar refractivity (Wildman–Crippen MR) is 122 cm³/mol. The van der Waals surface area contributed by atoms with Crippen LogP contribution in [0, 0.1) is 11.3 Å². The molecule has 170 valence electrons. The van der Waals surface area contributed by atoms with Crippen molar-refractivity contribution in [1.82, 2.24) is 10.6 Å². The molecule has 2 aromatic carbocycles. The van der Waals surface area contributed by atoms with Crippen LogP contribution in [-0.4, -0.2) is 11.8 Å². The number of amides is 2.